The van der Waals surface area contributed by atoms with Crippen LogP contribution in [0.2, 0.25) is 0 Å². The predicted molar refractivity (Wildman–Crippen MR) is 77.3 cm³/mol. The van der Waals surface area contributed by atoms with Crippen molar-refractivity contribution in [3.05, 3.63) is 17.5 Å². The third kappa shape index (κ3) is 4.32. The van der Waals surface area contributed by atoms with E-state index >= 15 is 0 Å². The highest BCUT2D eigenvalue weighted by atomic mass is 16.5. The maximum Gasteiger partial charge on any atom is 0.0638 e. The molecule has 0 radical (unpaired) electrons. The molecule has 0 aromatic carbocycles. The minimum absolute atomic E-state index is 0.619. The van der Waals surface area contributed by atoms with Crippen LogP contribution in [-0.2, 0) is 11.3 Å². The first-order chi connectivity index (χ1) is 9.31. The smallest absolute Gasteiger partial charge is 0.0638 e. The molecule has 2 rings (SSSR count). The first-order valence-corrected chi connectivity index (χ1v) is 7.55. The van der Waals surface area contributed by atoms with E-state index in [1.54, 1.807) is 7.11 Å². The van der Waals surface area contributed by atoms with E-state index in [0.29, 0.717) is 6.04 Å². The van der Waals surface area contributed by atoms with Gasteiger partial charge in [-0.15, -0.1) is 0 Å². The van der Waals surface area contributed by atoms with Crippen LogP contribution in [0.4, 0.5) is 0 Å². The van der Waals surface area contributed by atoms with E-state index in [4.69, 9.17) is 9.84 Å². The first kappa shape index (κ1) is 14.5. The van der Waals surface area contributed by atoms with Crippen molar-refractivity contribution in [2.24, 2.45) is 0 Å². The van der Waals surface area contributed by atoms with Crippen LogP contribution in [0.3, 0.4) is 0 Å². The summed E-state index contributed by atoms with van der Waals surface area (Å²) in [6.07, 6.45) is 10.3. The van der Waals surface area contributed by atoms with Gasteiger partial charge in [0.05, 0.1) is 18.3 Å². The Morgan fingerprint density at radius 1 is 1.32 bits per heavy atom. The van der Waals surface area contributed by atoms with Crippen LogP contribution in [0.15, 0.2) is 6.20 Å². The number of aryl methyl sites for hydroxylation is 1. The molecule has 1 aliphatic rings. The molecule has 0 bridgehead atoms. The lowest BCUT2D eigenvalue weighted by atomic mass is 10.1. The Labute approximate surface area is 116 Å². The van der Waals surface area contributed by atoms with E-state index in [2.05, 4.69) is 23.1 Å². The molecule has 1 aromatic rings. The summed E-state index contributed by atoms with van der Waals surface area (Å²) in [6.45, 7) is 4.66. The van der Waals surface area contributed by atoms with E-state index in [1.165, 1.54) is 44.1 Å². The van der Waals surface area contributed by atoms with Crippen LogP contribution in [0.5, 0.6) is 0 Å². The number of nitrogens with zero attached hydrogens (tertiary/aromatic N) is 2. The van der Waals surface area contributed by atoms with E-state index in [0.717, 1.165) is 25.4 Å². The second kappa shape index (κ2) is 7.65. The molecule has 1 heterocycles. The Kier molecular flexibility index (Phi) is 5.86. The normalized spacial score (nSPS) is 17.6. The first-order valence-electron chi connectivity index (χ1n) is 7.55. The summed E-state index contributed by atoms with van der Waals surface area (Å²) in [4.78, 5) is 0. The van der Waals surface area contributed by atoms with Crippen LogP contribution in [0.25, 0.3) is 0 Å². The molecule has 19 heavy (non-hydrogen) atoms. The zero-order valence-corrected chi connectivity index (χ0v) is 12.3. The molecule has 0 spiro atoms. The molecule has 4 heteroatoms. The van der Waals surface area contributed by atoms with Gasteiger partial charge in [0.2, 0.25) is 0 Å². The van der Waals surface area contributed by atoms with Gasteiger partial charge in [-0.2, -0.15) is 5.10 Å². The molecule has 0 atom stereocenters. The highest BCUT2D eigenvalue weighted by Crippen LogP contribution is 2.27. The number of hydrogen-bond acceptors (Lipinski definition) is 3. The van der Waals surface area contributed by atoms with Crippen LogP contribution in [-0.4, -0.2) is 30.0 Å². The monoisotopic (exact) mass is 265 g/mol. The quantitative estimate of drug-likeness (QED) is 0.635. The van der Waals surface area contributed by atoms with E-state index < -0.39 is 0 Å². The molecule has 1 fully saturated rings. The number of ether oxygens (including phenoxy) is 1. The van der Waals surface area contributed by atoms with E-state index in [9.17, 15) is 0 Å². The zero-order chi connectivity index (χ0) is 13.5. The predicted octanol–water partition coefficient (Wildman–Crippen LogP) is 2.82. The number of nitrogens with one attached hydrogen (secondary N) is 1. The van der Waals surface area contributed by atoms with Gasteiger partial charge in [-0.1, -0.05) is 25.7 Å². The third-order valence-electron chi connectivity index (χ3n) is 4.02. The molecule has 0 unspecified atom stereocenters. The lowest BCUT2D eigenvalue weighted by Gasteiger charge is -2.14. The Morgan fingerprint density at radius 3 is 2.74 bits per heavy atom. The minimum Gasteiger partial charge on any atom is -0.383 e. The summed E-state index contributed by atoms with van der Waals surface area (Å²) in [5.41, 5.74) is 2.48. The topological polar surface area (TPSA) is 39.1 Å². The van der Waals surface area contributed by atoms with Gasteiger partial charge in [0, 0.05) is 32.0 Å². The average molecular weight is 265 g/mol. The van der Waals surface area contributed by atoms with Gasteiger partial charge in [0.25, 0.3) is 0 Å². The maximum absolute atomic E-state index is 5.04. The Balaban J connectivity index is 1.91. The molecule has 0 amide bonds. The zero-order valence-electron chi connectivity index (χ0n) is 12.3. The SMILES string of the molecule is COCCNCc1cn(C2CCCCCC2)nc1C. The van der Waals surface area contributed by atoms with Gasteiger partial charge >= 0.3 is 0 Å². The summed E-state index contributed by atoms with van der Waals surface area (Å²) >= 11 is 0. The Bertz CT molecular complexity index is 367. The van der Waals surface area contributed by atoms with Crippen molar-refractivity contribution in [3.63, 3.8) is 0 Å². The minimum atomic E-state index is 0.619. The fraction of sp³-hybridized carbons (Fsp3) is 0.800. The maximum atomic E-state index is 5.04. The van der Waals surface area contributed by atoms with E-state index in [1.807, 2.05) is 0 Å². The van der Waals surface area contributed by atoms with Crippen molar-refractivity contribution in [3.8, 4) is 0 Å². The van der Waals surface area contributed by atoms with Crippen molar-refractivity contribution < 1.29 is 4.74 Å². The molecule has 1 saturated carbocycles. The molecular formula is C15H27N3O. The molecule has 108 valence electrons. The van der Waals surface area contributed by atoms with Gasteiger partial charge in [-0.05, 0) is 19.8 Å². The Morgan fingerprint density at radius 2 is 2.05 bits per heavy atom. The molecular weight excluding hydrogens is 238 g/mol. The second-order valence-corrected chi connectivity index (χ2v) is 5.53. The van der Waals surface area contributed by atoms with Crippen molar-refractivity contribution in [1.29, 1.82) is 0 Å². The highest BCUT2D eigenvalue weighted by molar-refractivity contribution is 5.15. The van der Waals surface area contributed by atoms with Crippen molar-refractivity contribution in [1.82, 2.24) is 15.1 Å². The number of rotatable bonds is 6. The molecule has 1 aliphatic carbocycles. The van der Waals surface area contributed by atoms with Crippen molar-refractivity contribution in [2.75, 3.05) is 20.3 Å². The van der Waals surface area contributed by atoms with Crippen molar-refractivity contribution in [2.45, 2.75) is 58.0 Å². The van der Waals surface area contributed by atoms with Gasteiger partial charge in [0.1, 0.15) is 0 Å². The lowest BCUT2D eigenvalue weighted by molar-refractivity contribution is 0.199. The fourth-order valence-electron chi connectivity index (χ4n) is 2.80. The largest absolute Gasteiger partial charge is 0.383 e. The second-order valence-electron chi connectivity index (χ2n) is 5.53. The summed E-state index contributed by atoms with van der Waals surface area (Å²) < 4.78 is 7.26. The highest BCUT2D eigenvalue weighted by Gasteiger charge is 2.16. The molecule has 0 aliphatic heterocycles. The van der Waals surface area contributed by atoms with Gasteiger partial charge in [-0.25, -0.2) is 0 Å². The molecule has 1 N–H and O–H groups in total. The van der Waals surface area contributed by atoms with Crippen LogP contribution in [0.1, 0.15) is 55.8 Å². The Hall–Kier alpha value is -0.870. The fourth-order valence-corrected chi connectivity index (χ4v) is 2.80. The summed E-state index contributed by atoms with van der Waals surface area (Å²) in [7, 11) is 1.73. The lowest BCUT2D eigenvalue weighted by Crippen LogP contribution is -2.18. The molecule has 0 saturated heterocycles. The van der Waals surface area contributed by atoms with Crippen LogP contribution >= 0.6 is 0 Å². The summed E-state index contributed by atoms with van der Waals surface area (Å²) in [5, 5.41) is 8.11. The summed E-state index contributed by atoms with van der Waals surface area (Å²) in [6, 6.07) is 0.619. The van der Waals surface area contributed by atoms with Gasteiger partial charge in [-0.3, -0.25) is 4.68 Å². The van der Waals surface area contributed by atoms with Crippen LogP contribution < -0.4 is 5.32 Å². The standard InChI is InChI=1S/C15H27N3O/c1-13-14(11-16-9-10-19-2)12-18(17-13)15-7-5-3-4-6-8-15/h12,15-16H,3-11H2,1-2H3. The third-order valence-corrected chi connectivity index (χ3v) is 4.02. The van der Waals surface area contributed by atoms with Gasteiger partial charge < -0.3 is 10.1 Å². The van der Waals surface area contributed by atoms with Crippen LogP contribution in [0, 0.1) is 6.92 Å². The van der Waals surface area contributed by atoms with Gasteiger partial charge in [0.15, 0.2) is 0 Å². The number of methoxy groups -OCH3 is 1. The summed E-state index contributed by atoms with van der Waals surface area (Å²) in [5.74, 6) is 0. The number of aromatic nitrogens is 2. The average Bonchev–Trinajstić information content (AvgIpc) is 2.65. The van der Waals surface area contributed by atoms with Crippen molar-refractivity contribution >= 4 is 0 Å². The molecule has 1 aromatic heterocycles. The van der Waals surface area contributed by atoms with E-state index in [-0.39, 0.29) is 0 Å². The molecule has 4 nitrogen and oxygen atoms in total. The number of hydrogen-bond donors (Lipinski definition) is 1.